The predicted octanol–water partition coefficient (Wildman–Crippen LogP) is 1.48. The van der Waals surface area contributed by atoms with E-state index in [9.17, 15) is 17.6 Å². The first kappa shape index (κ1) is 18.6. The summed E-state index contributed by atoms with van der Waals surface area (Å²) in [4.78, 5) is 19.4. The fourth-order valence-corrected chi connectivity index (χ4v) is 2.71. The smallest absolute Gasteiger partial charge is 0.256 e. The third-order valence-corrected chi connectivity index (χ3v) is 4.20. The molecule has 1 aromatic carbocycles. The number of hydrogen-bond acceptors (Lipinski definition) is 7. The second-order valence-corrected chi connectivity index (χ2v) is 7.65. The van der Waals surface area contributed by atoms with Crippen LogP contribution in [0.1, 0.15) is 24.2 Å². The highest BCUT2D eigenvalue weighted by atomic mass is 32.2. The van der Waals surface area contributed by atoms with Crippen LogP contribution >= 0.6 is 0 Å². The van der Waals surface area contributed by atoms with Crippen molar-refractivity contribution in [1.82, 2.24) is 15.3 Å². The average molecular weight is 367 g/mol. The molecule has 0 spiro atoms. The number of carbonyl (C=O) groups excluding carboxylic acids is 1. The van der Waals surface area contributed by atoms with Gasteiger partial charge in [-0.1, -0.05) is 0 Å². The Labute approximate surface area is 144 Å². The molecule has 0 aliphatic rings. The summed E-state index contributed by atoms with van der Waals surface area (Å²) < 4.78 is 36.7. The lowest BCUT2D eigenvalue weighted by Gasteiger charge is -2.11. The number of halogens is 1. The summed E-state index contributed by atoms with van der Waals surface area (Å²) in [5, 5.41) is 5.37. The van der Waals surface area contributed by atoms with Gasteiger partial charge in [0.25, 0.3) is 5.91 Å². The van der Waals surface area contributed by atoms with Gasteiger partial charge in [0.1, 0.15) is 16.5 Å². The van der Waals surface area contributed by atoms with E-state index in [4.69, 9.17) is 5.73 Å². The summed E-state index contributed by atoms with van der Waals surface area (Å²) in [6, 6.07) is 3.45. The van der Waals surface area contributed by atoms with Gasteiger partial charge in [-0.05, 0) is 32.0 Å². The van der Waals surface area contributed by atoms with Crippen molar-refractivity contribution in [2.75, 3.05) is 17.3 Å². The van der Waals surface area contributed by atoms with E-state index in [0.717, 1.165) is 18.4 Å². The lowest BCUT2D eigenvalue weighted by molar-refractivity contribution is 0.0943. The van der Waals surface area contributed by atoms with Gasteiger partial charge in [0, 0.05) is 24.2 Å². The number of nitrogen functional groups attached to an aromatic ring is 1. The maximum Gasteiger partial charge on any atom is 0.256 e. The number of amides is 1. The van der Waals surface area contributed by atoms with Crippen LogP contribution in [-0.2, 0) is 9.84 Å². The van der Waals surface area contributed by atoms with Crippen LogP contribution in [0.15, 0.2) is 29.3 Å². The van der Waals surface area contributed by atoms with E-state index >= 15 is 0 Å². The molecule has 0 saturated carbocycles. The van der Waals surface area contributed by atoms with Crippen molar-refractivity contribution < 1.29 is 17.6 Å². The van der Waals surface area contributed by atoms with Gasteiger partial charge in [0.15, 0.2) is 9.84 Å². The zero-order valence-electron chi connectivity index (χ0n) is 13.9. The fourth-order valence-electron chi connectivity index (χ4n) is 1.98. The third-order valence-electron chi connectivity index (χ3n) is 3.07. The SMILES string of the molecule is CC(C)NC(=O)c1cnc(Nc2ccc(S(C)(=O)=O)c(F)c2)nc1N. The minimum absolute atomic E-state index is 0.0381. The summed E-state index contributed by atoms with van der Waals surface area (Å²) in [6.07, 6.45) is 2.17. The Balaban J connectivity index is 2.23. The second-order valence-electron chi connectivity index (χ2n) is 5.66. The van der Waals surface area contributed by atoms with E-state index in [1.165, 1.54) is 12.3 Å². The Bertz CT molecular complexity index is 915. The van der Waals surface area contributed by atoms with Crippen LogP contribution in [0.2, 0.25) is 0 Å². The van der Waals surface area contributed by atoms with Gasteiger partial charge in [-0.25, -0.2) is 17.8 Å². The molecule has 0 atom stereocenters. The maximum absolute atomic E-state index is 13.9. The lowest BCUT2D eigenvalue weighted by Crippen LogP contribution is -2.31. The molecule has 0 unspecified atom stereocenters. The molecule has 134 valence electrons. The van der Waals surface area contributed by atoms with E-state index in [1.807, 2.05) is 0 Å². The van der Waals surface area contributed by atoms with Crippen LogP contribution in [0.5, 0.6) is 0 Å². The minimum Gasteiger partial charge on any atom is -0.383 e. The molecule has 0 fully saturated rings. The van der Waals surface area contributed by atoms with E-state index in [2.05, 4.69) is 20.6 Å². The molecule has 0 saturated heterocycles. The molecule has 0 bridgehead atoms. The number of nitrogens with two attached hydrogens (primary N) is 1. The maximum atomic E-state index is 13.9. The number of sulfone groups is 1. The van der Waals surface area contributed by atoms with E-state index in [1.54, 1.807) is 13.8 Å². The van der Waals surface area contributed by atoms with Gasteiger partial charge in [-0.15, -0.1) is 0 Å². The number of benzene rings is 1. The summed E-state index contributed by atoms with van der Waals surface area (Å²) >= 11 is 0. The number of carbonyl (C=O) groups is 1. The molecular weight excluding hydrogens is 349 g/mol. The van der Waals surface area contributed by atoms with Crippen LogP contribution in [0.25, 0.3) is 0 Å². The first-order valence-electron chi connectivity index (χ1n) is 7.28. The quantitative estimate of drug-likeness (QED) is 0.730. The van der Waals surface area contributed by atoms with Crippen molar-refractivity contribution in [1.29, 1.82) is 0 Å². The molecule has 8 nitrogen and oxygen atoms in total. The number of nitrogens with zero attached hydrogens (tertiary/aromatic N) is 2. The third kappa shape index (κ3) is 4.63. The highest BCUT2D eigenvalue weighted by Crippen LogP contribution is 2.21. The van der Waals surface area contributed by atoms with Crippen LogP contribution in [0, 0.1) is 5.82 Å². The average Bonchev–Trinajstić information content (AvgIpc) is 2.45. The summed E-state index contributed by atoms with van der Waals surface area (Å²) in [5.74, 6) is -1.29. The van der Waals surface area contributed by atoms with E-state index in [0.29, 0.717) is 0 Å². The number of nitrogens with one attached hydrogen (secondary N) is 2. The van der Waals surface area contributed by atoms with E-state index in [-0.39, 0.29) is 29.1 Å². The van der Waals surface area contributed by atoms with Crippen LogP contribution in [0.4, 0.5) is 21.8 Å². The molecule has 0 radical (unpaired) electrons. The normalized spacial score (nSPS) is 11.4. The zero-order chi connectivity index (χ0) is 18.8. The first-order chi connectivity index (χ1) is 11.6. The number of hydrogen-bond donors (Lipinski definition) is 3. The van der Waals surface area contributed by atoms with Crippen molar-refractivity contribution in [3.63, 3.8) is 0 Å². The Morgan fingerprint density at radius 1 is 1.32 bits per heavy atom. The van der Waals surface area contributed by atoms with Gasteiger partial charge in [0.2, 0.25) is 5.95 Å². The highest BCUT2D eigenvalue weighted by molar-refractivity contribution is 7.90. The molecular formula is C15H18FN5O3S. The van der Waals surface area contributed by atoms with Crippen molar-refractivity contribution in [3.8, 4) is 0 Å². The number of rotatable bonds is 5. The molecule has 4 N–H and O–H groups in total. The van der Waals surface area contributed by atoms with Crippen molar-refractivity contribution >= 4 is 33.2 Å². The Hall–Kier alpha value is -2.75. The van der Waals surface area contributed by atoms with Gasteiger partial charge in [-0.2, -0.15) is 4.98 Å². The minimum atomic E-state index is -3.65. The number of anilines is 3. The predicted molar refractivity (Wildman–Crippen MR) is 91.8 cm³/mol. The summed E-state index contributed by atoms with van der Waals surface area (Å²) in [7, 11) is -3.65. The molecule has 25 heavy (non-hydrogen) atoms. The fraction of sp³-hybridized carbons (Fsp3) is 0.267. The zero-order valence-corrected chi connectivity index (χ0v) is 14.7. The highest BCUT2D eigenvalue weighted by Gasteiger charge is 2.16. The molecule has 10 heteroatoms. The Morgan fingerprint density at radius 2 is 2.00 bits per heavy atom. The standard InChI is InChI=1S/C15H18FN5O3S/c1-8(2)19-14(22)10-7-18-15(21-13(10)17)20-9-4-5-12(11(16)6-9)25(3,23)24/h4-8H,1-3H3,(H,19,22)(H3,17,18,20,21). The van der Waals surface area contributed by atoms with Crippen molar-refractivity contribution in [3.05, 3.63) is 35.8 Å². The molecule has 2 aromatic rings. The molecule has 1 amide bonds. The van der Waals surface area contributed by atoms with Gasteiger partial charge < -0.3 is 16.4 Å². The van der Waals surface area contributed by atoms with Gasteiger partial charge in [-0.3, -0.25) is 4.79 Å². The van der Waals surface area contributed by atoms with Crippen LogP contribution in [0.3, 0.4) is 0 Å². The summed E-state index contributed by atoms with van der Waals surface area (Å²) in [6.45, 7) is 3.61. The van der Waals surface area contributed by atoms with Gasteiger partial charge >= 0.3 is 0 Å². The second kappa shape index (κ2) is 7.01. The molecule has 0 aliphatic heterocycles. The Morgan fingerprint density at radius 3 is 2.52 bits per heavy atom. The Kier molecular flexibility index (Phi) is 5.21. The van der Waals surface area contributed by atoms with E-state index < -0.39 is 26.5 Å². The summed E-state index contributed by atoms with van der Waals surface area (Å²) in [5.41, 5.74) is 6.12. The van der Waals surface area contributed by atoms with Gasteiger partial charge in [0.05, 0.1) is 5.56 Å². The number of aromatic nitrogens is 2. The molecule has 0 aliphatic carbocycles. The monoisotopic (exact) mass is 367 g/mol. The van der Waals surface area contributed by atoms with Crippen molar-refractivity contribution in [2.45, 2.75) is 24.8 Å². The first-order valence-corrected chi connectivity index (χ1v) is 9.17. The molecule has 1 aromatic heterocycles. The molecule has 2 rings (SSSR count). The lowest BCUT2D eigenvalue weighted by atomic mass is 10.2. The molecule has 1 heterocycles. The largest absolute Gasteiger partial charge is 0.383 e. The van der Waals surface area contributed by atoms with Crippen molar-refractivity contribution in [2.24, 2.45) is 0 Å². The van der Waals surface area contributed by atoms with Crippen LogP contribution in [-0.4, -0.2) is 36.6 Å². The topological polar surface area (TPSA) is 127 Å². The van der Waals surface area contributed by atoms with Crippen LogP contribution < -0.4 is 16.4 Å².